The van der Waals surface area contributed by atoms with Crippen LogP contribution in [0.2, 0.25) is 0 Å². The maximum atomic E-state index is 8.28. The molecule has 0 heterocycles. The highest BCUT2D eigenvalue weighted by Gasteiger charge is 2.01. The molecule has 1 atom stereocenters. The number of nitrogens with one attached hydrogen (secondary N) is 1. The van der Waals surface area contributed by atoms with E-state index in [1.807, 2.05) is 0 Å². The first-order valence-corrected chi connectivity index (χ1v) is 4.39. The minimum atomic E-state index is 0.425. The van der Waals surface area contributed by atoms with Crippen LogP contribution in [-0.2, 0) is 0 Å². The van der Waals surface area contributed by atoms with E-state index in [1.54, 1.807) is 0 Å². The number of hydrogen-bond donors (Lipinski definition) is 1. The van der Waals surface area contributed by atoms with Gasteiger partial charge in [0.1, 0.15) is 0 Å². The molecule has 66 valence electrons. The van der Waals surface area contributed by atoms with E-state index in [0.29, 0.717) is 12.5 Å². The van der Waals surface area contributed by atoms with Gasteiger partial charge in [0.2, 0.25) is 0 Å². The fraction of sp³-hybridized carbons (Fsp3) is 0.700. The van der Waals surface area contributed by atoms with Crippen molar-refractivity contribution in [2.75, 3.05) is 6.54 Å². The van der Waals surface area contributed by atoms with Gasteiger partial charge < -0.3 is 5.32 Å². The molecule has 1 unspecified atom stereocenters. The average molecular weight is 164 g/mol. The predicted octanol–water partition coefficient (Wildman–Crippen LogP) is 1.68. The maximum Gasteiger partial charge on any atom is 0.0622 e. The van der Waals surface area contributed by atoms with Gasteiger partial charge in [-0.15, -0.1) is 12.3 Å². The van der Waals surface area contributed by atoms with Crippen LogP contribution in [0.4, 0.5) is 0 Å². The molecule has 12 heavy (non-hydrogen) atoms. The lowest BCUT2D eigenvalue weighted by Crippen LogP contribution is -2.28. The summed E-state index contributed by atoms with van der Waals surface area (Å²) in [7, 11) is 0. The van der Waals surface area contributed by atoms with Crippen LogP contribution in [0, 0.1) is 23.7 Å². The normalized spacial score (nSPS) is 11.6. The summed E-state index contributed by atoms with van der Waals surface area (Å²) in [5.41, 5.74) is 0. The van der Waals surface area contributed by atoms with Gasteiger partial charge in [0.05, 0.1) is 6.07 Å². The van der Waals surface area contributed by atoms with Crippen molar-refractivity contribution in [2.45, 2.75) is 38.6 Å². The molecular weight excluding hydrogens is 148 g/mol. The van der Waals surface area contributed by atoms with Gasteiger partial charge in [0, 0.05) is 18.9 Å². The first-order chi connectivity index (χ1) is 5.85. The van der Waals surface area contributed by atoms with Gasteiger partial charge in [-0.2, -0.15) is 5.26 Å². The second-order valence-electron chi connectivity index (χ2n) is 2.73. The van der Waals surface area contributed by atoms with Crippen molar-refractivity contribution in [2.24, 2.45) is 0 Å². The molecule has 0 aromatic rings. The molecule has 2 nitrogen and oxygen atoms in total. The predicted molar refractivity (Wildman–Crippen MR) is 50.4 cm³/mol. The van der Waals surface area contributed by atoms with Gasteiger partial charge in [-0.05, 0) is 19.4 Å². The van der Waals surface area contributed by atoms with Crippen LogP contribution in [0.1, 0.15) is 32.6 Å². The highest BCUT2D eigenvalue weighted by molar-refractivity contribution is 4.89. The van der Waals surface area contributed by atoms with Gasteiger partial charge in [0.15, 0.2) is 0 Å². The van der Waals surface area contributed by atoms with Crippen LogP contribution in [-0.4, -0.2) is 12.6 Å². The van der Waals surface area contributed by atoms with Gasteiger partial charge in [-0.1, -0.05) is 6.92 Å². The molecule has 0 rings (SSSR count). The van der Waals surface area contributed by atoms with Crippen molar-refractivity contribution < 1.29 is 0 Å². The van der Waals surface area contributed by atoms with Crippen molar-refractivity contribution in [3.05, 3.63) is 0 Å². The zero-order chi connectivity index (χ0) is 9.23. The number of rotatable bonds is 6. The topological polar surface area (TPSA) is 35.8 Å². The Morgan fingerprint density at radius 3 is 2.83 bits per heavy atom. The highest BCUT2D eigenvalue weighted by atomic mass is 14.9. The third-order valence-electron chi connectivity index (χ3n) is 1.76. The van der Waals surface area contributed by atoms with Crippen molar-refractivity contribution in [3.8, 4) is 18.4 Å². The molecule has 0 spiro atoms. The Bertz CT molecular complexity index is 173. The van der Waals surface area contributed by atoms with Crippen LogP contribution in [0.25, 0.3) is 0 Å². The average Bonchev–Trinajstić information content (AvgIpc) is 2.10. The molecular formula is C10H16N2. The summed E-state index contributed by atoms with van der Waals surface area (Å²) in [6.07, 6.45) is 8.56. The minimum Gasteiger partial charge on any atom is -0.313 e. The van der Waals surface area contributed by atoms with Crippen LogP contribution in [0.3, 0.4) is 0 Å². The molecule has 0 aromatic carbocycles. The summed E-state index contributed by atoms with van der Waals surface area (Å²) in [6.45, 7) is 3.01. The minimum absolute atomic E-state index is 0.425. The zero-order valence-electron chi connectivity index (χ0n) is 7.64. The molecule has 0 saturated heterocycles. The Morgan fingerprint density at radius 2 is 2.33 bits per heavy atom. The van der Waals surface area contributed by atoms with Crippen molar-refractivity contribution in [1.29, 1.82) is 5.26 Å². The molecule has 0 bridgehead atoms. The number of nitrogens with zero attached hydrogens (tertiary/aromatic N) is 1. The monoisotopic (exact) mass is 164 g/mol. The van der Waals surface area contributed by atoms with E-state index in [0.717, 1.165) is 25.8 Å². The Hall–Kier alpha value is -0.990. The SMILES string of the molecule is C#CCC(CC)NCCCC#N. The Labute approximate surface area is 75.0 Å². The lowest BCUT2D eigenvalue weighted by Gasteiger charge is -2.12. The Kier molecular flexibility index (Phi) is 7.44. The van der Waals surface area contributed by atoms with Gasteiger partial charge in [-0.25, -0.2) is 0 Å². The van der Waals surface area contributed by atoms with E-state index in [4.69, 9.17) is 11.7 Å². The Morgan fingerprint density at radius 1 is 1.58 bits per heavy atom. The van der Waals surface area contributed by atoms with Gasteiger partial charge in [-0.3, -0.25) is 0 Å². The van der Waals surface area contributed by atoms with E-state index in [9.17, 15) is 0 Å². The molecule has 0 amide bonds. The second-order valence-corrected chi connectivity index (χ2v) is 2.73. The summed E-state index contributed by atoms with van der Waals surface area (Å²) in [5.74, 6) is 2.63. The molecule has 0 aliphatic heterocycles. The lowest BCUT2D eigenvalue weighted by atomic mass is 10.1. The quantitative estimate of drug-likeness (QED) is 0.479. The van der Waals surface area contributed by atoms with E-state index >= 15 is 0 Å². The van der Waals surface area contributed by atoms with E-state index < -0.39 is 0 Å². The summed E-state index contributed by atoms with van der Waals surface area (Å²) >= 11 is 0. The zero-order valence-corrected chi connectivity index (χ0v) is 7.64. The van der Waals surface area contributed by atoms with Crippen LogP contribution < -0.4 is 5.32 Å². The largest absolute Gasteiger partial charge is 0.313 e. The summed E-state index contributed by atoms with van der Waals surface area (Å²) < 4.78 is 0. The first kappa shape index (κ1) is 11.0. The molecule has 0 aliphatic rings. The third kappa shape index (κ3) is 5.77. The smallest absolute Gasteiger partial charge is 0.0622 e. The van der Waals surface area contributed by atoms with Crippen LogP contribution >= 0.6 is 0 Å². The van der Waals surface area contributed by atoms with Gasteiger partial charge >= 0.3 is 0 Å². The standard InChI is InChI=1S/C10H16N2/c1-3-7-10(4-2)12-9-6-5-8-11/h1,10,12H,4-7,9H2,2H3. The molecule has 0 saturated carbocycles. The number of nitriles is 1. The van der Waals surface area contributed by atoms with E-state index in [-0.39, 0.29) is 0 Å². The molecule has 0 radical (unpaired) electrons. The Balaban J connectivity index is 3.34. The van der Waals surface area contributed by atoms with Crippen molar-refractivity contribution >= 4 is 0 Å². The first-order valence-electron chi connectivity index (χ1n) is 4.39. The van der Waals surface area contributed by atoms with Crippen molar-refractivity contribution in [3.63, 3.8) is 0 Å². The second kappa shape index (κ2) is 8.11. The molecule has 0 aromatic heterocycles. The number of hydrogen-bond acceptors (Lipinski definition) is 2. The molecule has 1 N–H and O–H groups in total. The fourth-order valence-corrected chi connectivity index (χ4v) is 0.977. The summed E-state index contributed by atoms with van der Waals surface area (Å²) in [4.78, 5) is 0. The number of terminal acetylenes is 1. The molecule has 0 fully saturated rings. The highest BCUT2D eigenvalue weighted by Crippen LogP contribution is 1.96. The molecule has 0 aliphatic carbocycles. The fourth-order valence-electron chi connectivity index (χ4n) is 0.977. The maximum absolute atomic E-state index is 8.28. The van der Waals surface area contributed by atoms with E-state index in [1.165, 1.54) is 0 Å². The lowest BCUT2D eigenvalue weighted by molar-refractivity contribution is 0.502. The van der Waals surface area contributed by atoms with Crippen LogP contribution in [0.15, 0.2) is 0 Å². The molecule has 2 heteroatoms. The van der Waals surface area contributed by atoms with Gasteiger partial charge in [0.25, 0.3) is 0 Å². The number of unbranched alkanes of at least 4 members (excludes halogenated alkanes) is 1. The van der Waals surface area contributed by atoms with E-state index in [2.05, 4.69) is 24.2 Å². The summed E-state index contributed by atoms with van der Waals surface area (Å²) in [5, 5.41) is 11.6. The van der Waals surface area contributed by atoms with Crippen molar-refractivity contribution in [1.82, 2.24) is 5.32 Å². The third-order valence-corrected chi connectivity index (χ3v) is 1.76. The van der Waals surface area contributed by atoms with Crippen LogP contribution in [0.5, 0.6) is 0 Å². The summed E-state index contributed by atoms with van der Waals surface area (Å²) in [6, 6.07) is 2.54.